The molecule has 0 saturated heterocycles. The number of aryl methyl sites for hydroxylation is 1. The van der Waals surface area contributed by atoms with Gasteiger partial charge in [0.2, 0.25) is 11.8 Å². The lowest BCUT2D eigenvalue weighted by Gasteiger charge is -1.99. The third-order valence-electron chi connectivity index (χ3n) is 2.79. The number of aromatic nitrogens is 4. The van der Waals surface area contributed by atoms with E-state index < -0.39 is 0 Å². The van der Waals surface area contributed by atoms with Crippen LogP contribution < -0.4 is 5.73 Å². The Kier molecular flexibility index (Phi) is 3.16. The van der Waals surface area contributed by atoms with E-state index in [1.54, 1.807) is 12.4 Å². The zero-order valence-electron chi connectivity index (χ0n) is 10.3. The maximum atomic E-state index is 5.63. The maximum absolute atomic E-state index is 5.63. The Morgan fingerprint density at radius 3 is 2.89 bits per heavy atom. The molecule has 0 unspecified atom stereocenters. The number of hydrogen-bond acceptors (Lipinski definition) is 6. The summed E-state index contributed by atoms with van der Waals surface area (Å²) in [7, 11) is 0. The van der Waals surface area contributed by atoms with Gasteiger partial charge in [0.05, 0.1) is 11.1 Å². The van der Waals surface area contributed by atoms with Crippen molar-refractivity contribution in [3.05, 3.63) is 36.5 Å². The molecule has 2 aromatic heterocycles. The van der Waals surface area contributed by atoms with Gasteiger partial charge in [-0.25, -0.2) is 0 Å². The lowest BCUT2D eigenvalue weighted by Crippen LogP contribution is -2.00. The normalized spacial score (nSPS) is 11.0. The lowest BCUT2D eigenvalue weighted by molar-refractivity contribution is 0.499. The molecule has 19 heavy (non-hydrogen) atoms. The lowest BCUT2D eigenvalue weighted by atomic mass is 10.2. The first-order chi connectivity index (χ1) is 9.38. The molecule has 3 aromatic rings. The van der Waals surface area contributed by atoms with Crippen molar-refractivity contribution in [3.63, 3.8) is 0 Å². The van der Waals surface area contributed by atoms with E-state index in [-0.39, 0.29) is 0 Å². The van der Waals surface area contributed by atoms with E-state index in [0.717, 1.165) is 23.0 Å². The molecule has 0 atom stereocenters. The highest BCUT2D eigenvalue weighted by Gasteiger charge is 2.12. The molecular formula is C13H13N5O. The van der Waals surface area contributed by atoms with Crippen LogP contribution in [0.3, 0.4) is 0 Å². The van der Waals surface area contributed by atoms with Gasteiger partial charge in [-0.1, -0.05) is 6.07 Å². The zero-order chi connectivity index (χ0) is 13.1. The van der Waals surface area contributed by atoms with Gasteiger partial charge in [0, 0.05) is 18.8 Å². The summed E-state index contributed by atoms with van der Waals surface area (Å²) in [6, 6.07) is 5.70. The maximum Gasteiger partial charge on any atom is 0.249 e. The van der Waals surface area contributed by atoms with Crippen molar-refractivity contribution >= 4 is 11.0 Å². The van der Waals surface area contributed by atoms with Gasteiger partial charge in [0.25, 0.3) is 0 Å². The van der Waals surface area contributed by atoms with Crippen molar-refractivity contribution in [1.29, 1.82) is 0 Å². The van der Waals surface area contributed by atoms with Gasteiger partial charge in [0.15, 0.2) is 0 Å². The number of rotatable bonds is 4. The number of nitrogens with two attached hydrogens (primary N) is 1. The summed E-state index contributed by atoms with van der Waals surface area (Å²) in [5.41, 5.74) is 7.83. The Hall–Kier alpha value is -2.34. The van der Waals surface area contributed by atoms with Crippen LogP contribution in [0.4, 0.5) is 0 Å². The Morgan fingerprint density at radius 1 is 1.11 bits per heavy atom. The fraction of sp³-hybridized carbons (Fsp3) is 0.231. The average molecular weight is 255 g/mol. The third-order valence-corrected chi connectivity index (χ3v) is 2.79. The second-order valence-electron chi connectivity index (χ2n) is 4.12. The van der Waals surface area contributed by atoms with E-state index in [0.29, 0.717) is 24.7 Å². The smallest absolute Gasteiger partial charge is 0.249 e. The highest BCUT2D eigenvalue weighted by atomic mass is 16.4. The highest BCUT2D eigenvalue weighted by molar-refractivity contribution is 5.88. The molecule has 0 spiro atoms. The number of hydrogen-bond donors (Lipinski definition) is 1. The van der Waals surface area contributed by atoms with Crippen LogP contribution in [0.25, 0.3) is 22.5 Å². The molecule has 0 aliphatic heterocycles. The van der Waals surface area contributed by atoms with Gasteiger partial charge in [-0.15, -0.1) is 10.2 Å². The monoisotopic (exact) mass is 255 g/mol. The summed E-state index contributed by atoms with van der Waals surface area (Å²) in [6.45, 7) is 0.609. The molecule has 96 valence electrons. The van der Waals surface area contributed by atoms with Crippen LogP contribution in [0, 0.1) is 0 Å². The summed E-state index contributed by atoms with van der Waals surface area (Å²) in [5, 5.41) is 8.08. The van der Waals surface area contributed by atoms with Crippen LogP contribution in [0.5, 0.6) is 0 Å². The van der Waals surface area contributed by atoms with Crippen LogP contribution in [0.1, 0.15) is 12.3 Å². The van der Waals surface area contributed by atoms with Crippen molar-refractivity contribution in [2.24, 2.45) is 5.73 Å². The standard InChI is InChI=1S/C13H13N5O/c14-6-2-5-11-17-18-13(19-11)9-3-1-4-10-12(9)16-8-7-15-10/h1,3-4,7-8H,2,5-6,14H2. The molecule has 0 amide bonds. The SMILES string of the molecule is NCCCc1nnc(-c2cccc3nccnc23)o1. The van der Waals surface area contributed by atoms with E-state index in [1.807, 2.05) is 18.2 Å². The summed E-state index contributed by atoms with van der Waals surface area (Å²) in [5.74, 6) is 1.07. The van der Waals surface area contributed by atoms with Gasteiger partial charge >= 0.3 is 0 Å². The summed E-state index contributed by atoms with van der Waals surface area (Å²) < 4.78 is 5.63. The Morgan fingerprint density at radius 2 is 2.00 bits per heavy atom. The summed E-state index contributed by atoms with van der Waals surface area (Å²) in [4.78, 5) is 8.57. The zero-order valence-corrected chi connectivity index (χ0v) is 10.3. The molecule has 2 N–H and O–H groups in total. The van der Waals surface area contributed by atoms with Crippen LogP contribution in [-0.2, 0) is 6.42 Å². The number of nitrogens with zero attached hydrogens (tertiary/aromatic N) is 4. The Balaban J connectivity index is 2.02. The Labute approximate surface area is 109 Å². The number of benzene rings is 1. The van der Waals surface area contributed by atoms with Crippen molar-refractivity contribution in [2.75, 3.05) is 6.54 Å². The fourth-order valence-electron chi connectivity index (χ4n) is 1.88. The predicted molar refractivity (Wildman–Crippen MR) is 70.2 cm³/mol. The van der Waals surface area contributed by atoms with Crippen LogP contribution in [0.15, 0.2) is 35.0 Å². The first kappa shape index (κ1) is 11.7. The van der Waals surface area contributed by atoms with Crippen molar-refractivity contribution in [3.8, 4) is 11.5 Å². The number of para-hydroxylation sites is 1. The molecule has 0 aliphatic carbocycles. The largest absolute Gasteiger partial charge is 0.421 e. The molecule has 2 heterocycles. The molecule has 6 heteroatoms. The molecule has 0 radical (unpaired) electrons. The first-order valence-corrected chi connectivity index (χ1v) is 6.11. The van der Waals surface area contributed by atoms with Crippen LogP contribution in [-0.4, -0.2) is 26.7 Å². The number of fused-ring (bicyclic) bond motifs is 1. The van der Waals surface area contributed by atoms with Gasteiger partial charge < -0.3 is 10.2 Å². The van der Waals surface area contributed by atoms with Gasteiger partial charge in [-0.2, -0.15) is 0 Å². The quantitative estimate of drug-likeness (QED) is 0.761. The molecule has 6 nitrogen and oxygen atoms in total. The topological polar surface area (TPSA) is 90.7 Å². The molecule has 0 saturated carbocycles. The fourth-order valence-corrected chi connectivity index (χ4v) is 1.88. The van der Waals surface area contributed by atoms with Gasteiger partial charge in [0.1, 0.15) is 5.52 Å². The van der Waals surface area contributed by atoms with Gasteiger partial charge in [-0.05, 0) is 25.1 Å². The van der Waals surface area contributed by atoms with Crippen molar-refractivity contribution < 1.29 is 4.42 Å². The van der Waals surface area contributed by atoms with Crippen LogP contribution in [0.2, 0.25) is 0 Å². The van der Waals surface area contributed by atoms with Crippen molar-refractivity contribution in [1.82, 2.24) is 20.2 Å². The van der Waals surface area contributed by atoms with Gasteiger partial charge in [-0.3, -0.25) is 9.97 Å². The molecule has 0 aliphatic rings. The van der Waals surface area contributed by atoms with E-state index >= 15 is 0 Å². The van der Waals surface area contributed by atoms with Crippen molar-refractivity contribution in [2.45, 2.75) is 12.8 Å². The molecular weight excluding hydrogens is 242 g/mol. The first-order valence-electron chi connectivity index (χ1n) is 6.11. The minimum absolute atomic E-state index is 0.470. The van der Waals surface area contributed by atoms with E-state index in [2.05, 4.69) is 20.2 Å². The van der Waals surface area contributed by atoms with E-state index in [9.17, 15) is 0 Å². The minimum Gasteiger partial charge on any atom is -0.421 e. The second kappa shape index (κ2) is 5.11. The predicted octanol–water partition coefficient (Wildman–Crippen LogP) is 1.57. The molecule has 0 fully saturated rings. The van der Waals surface area contributed by atoms with E-state index in [1.165, 1.54) is 0 Å². The Bertz CT molecular complexity index is 689. The molecule has 1 aromatic carbocycles. The molecule has 0 bridgehead atoms. The summed E-state index contributed by atoms with van der Waals surface area (Å²) in [6.07, 6.45) is 4.83. The van der Waals surface area contributed by atoms with Crippen LogP contribution >= 0.6 is 0 Å². The summed E-state index contributed by atoms with van der Waals surface area (Å²) >= 11 is 0. The highest BCUT2D eigenvalue weighted by Crippen LogP contribution is 2.24. The van der Waals surface area contributed by atoms with E-state index in [4.69, 9.17) is 10.2 Å². The minimum atomic E-state index is 0.470. The second-order valence-corrected chi connectivity index (χ2v) is 4.12. The molecule has 3 rings (SSSR count). The third kappa shape index (κ3) is 2.30. The average Bonchev–Trinajstić information content (AvgIpc) is 2.93.